The molecule has 53 heavy (non-hydrogen) atoms. The quantitative estimate of drug-likeness (QED) is 0.0371. The van der Waals surface area contributed by atoms with Gasteiger partial charge in [-0.25, -0.2) is 19.2 Å². The van der Waals surface area contributed by atoms with E-state index in [-0.39, 0.29) is 36.0 Å². The second-order valence-corrected chi connectivity index (χ2v) is 11.0. The first-order valence-corrected chi connectivity index (χ1v) is 16.5. The van der Waals surface area contributed by atoms with Gasteiger partial charge in [0.1, 0.15) is 11.5 Å². The molecular weight excluding hydrogens is 686 g/mol. The minimum absolute atomic E-state index is 0.173. The number of hydrogen-bond acceptors (Lipinski definition) is 12. The van der Waals surface area contributed by atoms with E-state index in [9.17, 15) is 19.2 Å². The van der Waals surface area contributed by atoms with Crippen molar-refractivity contribution in [2.75, 3.05) is 40.6 Å². The number of benzene rings is 3. The number of hydrogen-bond donors (Lipinski definition) is 0. The molecule has 3 aromatic carbocycles. The van der Waals surface area contributed by atoms with Gasteiger partial charge in [-0.3, -0.25) is 4.79 Å². The maximum Gasteiger partial charge on any atom is 0.343 e. The average Bonchev–Trinajstić information content (AvgIpc) is 3.17. The highest BCUT2D eigenvalue weighted by molar-refractivity contribution is 5.97. The fourth-order valence-corrected chi connectivity index (χ4v) is 4.46. The van der Waals surface area contributed by atoms with Crippen molar-refractivity contribution in [1.29, 1.82) is 0 Å². The third kappa shape index (κ3) is 13.3. The Bertz CT molecular complexity index is 1860. The summed E-state index contributed by atoms with van der Waals surface area (Å²) in [5, 5.41) is 0. The number of unbranched alkanes of at least 4 members (excludes halogenated alkanes) is 2. The minimum atomic E-state index is -0.880. The van der Waals surface area contributed by atoms with Crippen LogP contribution in [-0.4, -0.2) is 64.5 Å². The lowest BCUT2D eigenvalue weighted by molar-refractivity contribution is -0.138. The molecule has 0 aliphatic carbocycles. The summed E-state index contributed by atoms with van der Waals surface area (Å²) in [5.41, 5.74) is 0.925. The smallest absolute Gasteiger partial charge is 0.343 e. The van der Waals surface area contributed by atoms with Gasteiger partial charge in [0.2, 0.25) is 0 Å². The van der Waals surface area contributed by atoms with Crippen LogP contribution >= 0.6 is 0 Å². The van der Waals surface area contributed by atoms with Crippen molar-refractivity contribution in [1.82, 2.24) is 0 Å². The third-order valence-electron chi connectivity index (χ3n) is 7.19. The van der Waals surface area contributed by atoms with Crippen molar-refractivity contribution in [2.24, 2.45) is 0 Å². The number of ether oxygens (including phenoxy) is 8. The summed E-state index contributed by atoms with van der Waals surface area (Å²) in [4.78, 5) is 51.5. The number of esters is 4. The summed E-state index contributed by atoms with van der Waals surface area (Å²) in [7, 11) is 2.92. The Morgan fingerprint density at radius 2 is 1.23 bits per heavy atom. The Morgan fingerprint density at radius 3 is 1.77 bits per heavy atom. The maximum atomic E-state index is 13.0. The van der Waals surface area contributed by atoms with Gasteiger partial charge in [0.25, 0.3) is 5.70 Å². The lowest BCUT2D eigenvalue weighted by Crippen LogP contribution is -2.11. The van der Waals surface area contributed by atoms with E-state index in [0.717, 1.165) is 12.2 Å². The van der Waals surface area contributed by atoms with Gasteiger partial charge in [0.05, 0.1) is 52.8 Å². The topological polar surface area (TPSA) is 146 Å². The molecule has 13 nitrogen and oxygen atoms in total. The van der Waals surface area contributed by atoms with Crippen LogP contribution in [0.25, 0.3) is 10.9 Å². The minimum Gasteiger partial charge on any atom is -0.493 e. The highest BCUT2D eigenvalue weighted by atomic mass is 16.6. The summed E-state index contributed by atoms with van der Waals surface area (Å²) in [6, 6.07) is 14.0. The van der Waals surface area contributed by atoms with Crippen LogP contribution in [0.3, 0.4) is 0 Å². The molecule has 0 saturated carbocycles. The lowest BCUT2D eigenvalue weighted by atomic mass is 10.1. The number of carbonyl (C=O) groups excluding carboxylic acids is 4. The largest absolute Gasteiger partial charge is 0.493 e. The van der Waals surface area contributed by atoms with Crippen molar-refractivity contribution in [3.05, 3.63) is 114 Å². The monoisotopic (exact) mass is 727 g/mol. The summed E-state index contributed by atoms with van der Waals surface area (Å²) in [6.45, 7) is 17.1. The molecule has 0 amide bonds. The van der Waals surface area contributed by atoms with Crippen LogP contribution < -0.4 is 28.4 Å². The molecule has 0 saturated heterocycles. The summed E-state index contributed by atoms with van der Waals surface area (Å²) in [5.74, 6) is -0.480. The molecule has 0 fully saturated rings. The first-order valence-electron chi connectivity index (χ1n) is 16.5. The van der Waals surface area contributed by atoms with Gasteiger partial charge in [0, 0.05) is 12.2 Å². The van der Waals surface area contributed by atoms with Crippen molar-refractivity contribution in [2.45, 2.75) is 32.6 Å². The molecule has 0 radical (unpaired) electrons. The predicted molar refractivity (Wildman–Crippen MR) is 194 cm³/mol. The summed E-state index contributed by atoms with van der Waals surface area (Å²) in [6.07, 6.45) is 6.04. The number of methoxy groups -OCH3 is 2. The van der Waals surface area contributed by atoms with Gasteiger partial charge in [-0.1, -0.05) is 19.2 Å². The number of aryl methyl sites for hydroxylation is 1. The Morgan fingerprint density at radius 1 is 0.679 bits per heavy atom. The molecule has 13 heteroatoms. The number of nitrogens with zero attached hydrogens (tertiary/aromatic N) is 1. The van der Waals surface area contributed by atoms with Crippen molar-refractivity contribution in [3.8, 4) is 34.5 Å². The molecule has 0 spiro atoms. The SMILES string of the molecule is [C-]#[N+]/C(=C\c1ccc(OCCCCOC(=O)C=C)c(OC)c1)C(=O)Oc1ccc(OC(=O)c2ccc(OCCCCOC(=O)C=C)c(OC)c2)cc1C. The van der Waals surface area contributed by atoms with E-state index in [1.54, 1.807) is 31.2 Å². The zero-order valence-corrected chi connectivity index (χ0v) is 29.8. The molecule has 0 unspecified atom stereocenters. The standard InChI is InChI=1S/C40H41NO12/c1-7-37(42)50-21-11-9-19-48-33-16-13-28(25-35(33)46-5)24-31(41-4)40(45)53-32-18-15-30(23-27(32)3)52-39(44)29-14-17-34(36(26-29)47-6)49-20-10-12-22-51-38(43)8-2/h7-8,13-18,23-26H,1-2,9-12,19-22H2,3,5-6H3/b31-24-. The van der Waals surface area contributed by atoms with Crippen molar-refractivity contribution < 1.29 is 57.1 Å². The first kappa shape index (κ1) is 40.9. The van der Waals surface area contributed by atoms with Crippen LogP contribution in [0, 0.1) is 13.5 Å². The van der Waals surface area contributed by atoms with Crippen LogP contribution in [0.4, 0.5) is 0 Å². The molecule has 0 atom stereocenters. The summed E-state index contributed by atoms with van der Waals surface area (Å²) >= 11 is 0. The Kier molecular flexibility index (Phi) is 16.7. The van der Waals surface area contributed by atoms with E-state index >= 15 is 0 Å². The van der Waals surface area contributed by atoms with Crippen LogP contribution in [0.2, 0.25) is 0 Å². The van der Waals surface area contributed by atoms with Crippen LogP contribution in [-0.2, 0) is 23.9 Å². The fraction of sp³-hybridized carbons (Fsp3) is 0.275. The van der Waals surface area contributed by atoms with Crippen LogP contribution in [0.5, 0.6) is 34.5 Å². The van der Waals surface area contributed by atoms with Gasteiger partial charge >= 0.3 is 23.9 Å². The van der Waals surface area contributed by atoms with Gasteiger partial charge in [0.15, 0.2) is 23.0 Å². The Labute approximate surface area is 308 Å². The number of carbonyl (C=O) groups is 4. The van der Waals surface area contributed by atoms with Crippen molar-refractivity contribution >= 4 is 30.0 Å². The van der Waals surface area contributed by atoms with E-state index in [1.807, 2.05) is 0 Å². The predicted octanol–water partition coefficient (Wildman–Crippen LogP) is 6.87. The van der Waals surface area contributed by atoms with Crippen molar-refractivity contribution in [3.63, 3.8) is 0 Å². The van der Waals surface area contributed by atoms with E-state index in [2.05, 4.69) is 18.0 Å². The zero-order valence-electron chi connectivity index (χ0n) is 29.8. The highest BCUT2D eigenvalue weighted by Gasteiger charge is 2.18. The number of rotatable bonds is 21. The second-order valence-electron chi connectivity index (χ2n) is 11.0. The third-order valence-corrected chi connectivity index (χ3v) is 7.19. The summed E-state index contributed by atoms with van der Waals surface area (Å²) < 4.78 is 43.3. The molecule has 3 rings (SSSR count). The lowest BCUT2D eigenvalue weighted by Gasteiger charge is -2.13. The molecule has 0 bridgehead atoms. The Balaban J connectivity index is 1.57. The second kappa shape index (κ2) is 21.6. The molecule has 0 heterocycles. The molecule has 3 aromatic rings. The van der Waals surface area contributed by atoms with E-state index in [4.69, 9.17) is 44.5 Å². The average molecular weight is 728 g/mol. The van der Waals surface area contributed by atoms with Crippen LogP contribution in [0.1, 0.15) is 47.2 Å². The molecule has 0 N–H and O–H groups in total. The van der Waals surface area contributed by atoms with Crippen LogP contribution in [0.15, 0.2) is 85.6 Å². The molecule has 0 aliphatic rings. The fourth-order valence-electron chi connectivity index (χ4n) is 4.46. The van der Waals surface area contributed by atoms with Gasteiger partial charge in [-0.2, -0.15) is 0 Å². The highest BCUT2D eigenvalue weighted by Crippen LogP contribution is 2.31. The van der Waals surface area contributed by atoms with Gasteiger partial charge in [-0.15, -0.1) is 0 Å². The van der Waals surface area contributed by atoms with Gasteiger partial charge in [-0.05, 0) is 98.3 Å². The molecule has 0 aliphatic heterocycles. The molecular formula is C40H41NO12. The van der Waals surface area contributed by atoms with E-state index in [1.165, 1.54) is 50.6 Å². The first-order chi connectivity index (χ1) is 25.6. The maximum absolute atomic E-state index is 13.0. The zero-order chi connectivity index (χ0) is 38.6. The van der Waals surface area contributed by atoms with Gasteiger partial charge < -0.3 is 37.9 Å². The molecule has 278 valence electrons. The molecule has 0 aromatic heterocycles. The van der Waals surface area contributed by atoms with E-state index < -0.39 is 23.9 Å². The normalized spacial score (nSPS) is 10.6. The van der Waals surface area contributed by atoms with E-state index in [0.29, 0.717) is 73.0 Å². The Hall–Kier alpha value is -6.55.